The molecule has 2 N–H and O–H groups in total. The standard InChI is InChI=1S/C15H30N2O2/c1-15(2,3)10-13(16)9-14(18)17(4)7-8-19-11-12-5-6-12/h12-13H,5-11,16H2,1-4H3. The SMILES string of the molecule is CN(CCOCC1CC1)C(=O)CC(N)CC(C)(C)C. The van der Waals surface area contributed by atoms with Gasteiger partial charge in [0.1, 0.15) is 0 Å². The van der Waals surface area contributed by atoms with E-state index in [0.717, 1.165) is 18.9 Å². The largest absolute Gasteiger partial charge is 0.379 e. The van der Waals surface area contributed by atoms with Crippen LogP contribution in [0.3, 0.4) is 0 Å². The van der Waals surface area contributed by atoms with E-state index in [1.54, 1.807) is 4.90 Å². The number of rotatable bonds is 8. The van der Waals surface area contributed by atoms with Gasteiger partial charge < -0.3 is 15.4 Å². The van der Waals surface area contributed by atoms with Crippen molar-refractivity contribution in [2.45, 2.75) is 52.5 Å². The topological polar surface area (TPSA) is 55.6 Å². The summed E-state index contributed by atoms with van der Waals surface area (Å²) in [5.74, 6) is 0.896. The minimum absolute atomic E-state index is 0.0534. The molecular formula is C15H30N2O2. The molecule has 4 nitrogen and oxygen atoms in total. The molecule has 0 radical (unpaired) electrons. The lowest BCUT2D eigenvalue weighted by molar-refractivity contribution is -0.131. The second kappa shape index (κ2) is 7.25. The van der Waals surface area contributed by atoms with Gasteiger partial charge in [-0.3, -0.25) is 4.79 Å². The van der Waals surface area contributed by atoms with Crippen LogP contribution in [0.2, 0.25) is 0 Å². The van der Waals surface area contributed by atoms with Gasteiger partial charge >= 0.3 is 0 Å². The highest BCUT2D eigenvalue weighted by atomic mass is 16.5. The average molecular weight is 270 g/mol. The van der Waals surface area contributed by atoms with E-state index in [9.17, 15) is 4.79 Å². The molecule has 1 aliphatic carbocycles. The van der Waals surface area contributed by atoms with Crippen LogP contribution >= 0.6 is 0 Å². The van der Waals surface area contributed by atoms with Crippen molar-refractivity contribution in [3.63, 3.8) is 0 Å². The summed E-state index contributed by atoms with van der Waals surface area (Å²) in [7, 11) is 1.83. The first-order valence-electron chi connectivity index (χ1n) is 7.35. The molecule has 0 saturated heterocycles. The minimum Gasteiger partial charge on any atom is -0.379 e. The number of carbonyl (C=O) groups excluding carboxylic acids is 1. The molecular weight excluding hydrogens is 240 g/mol. The van der Waals surface area contributed by atoms with Crippen molar-refractivity contribution in [2.75, 3.05) is 26.8 Å². The van der Waals surface area contributed by atoms with E-state index in [0.29, 0.717) is 19.6 Å². The van der Waals surface area contributed by atoms with Gasteiger partial charge in [-0.05, 0) is 30.6 Å². The van der Waals surface area contributed by atoms with Crippen molar-refractivity contribution in [3.8, 4) is 0 Å². The Labute approximate surface area is 117 Å². The Kier molecular flexibility index (Phi) is 6.27. The third kappa shape index (κ3) is 8.22. The van der Waals surface area contributed by atoms with Crippen molar-refractivity contribution in [3.05, 3.63) is 0 Å². The van der Waals surface area contributed by atoms with Crippen LogP contribution in [0, 0.1) is 11.3 Å². The molecule has 0 spiro atoms. The molecule has 1 atom stereocenters. The van der Waals surface area contributed by atoms with Gasteiger partial charge in [-0.15, -0.1) is 0 Å². The van der Waals surface area contributed by atoms with Gasteiger partial charge in [0.05, 0.1) is 6.61 Å². The van der Waals surface area contributed by atoms with Crippen LogP contribution in [-0.4, -0.2) is 43.7 Å². The fourth-order valence-corrected chi connectivity index (χ4v) is 2.10. The number of nitrogens with zero attached hydrogens (tertiary/aromatic N) is 1. The van der Waals surface area contributed by atoms with E-state index >= 15 is 0 Å². The maximum Gasteiger partial charge on any atom is 0.223 e. The average Bonchev–Trinajstić information content (AvgIpc) is 3.04. The molecule has 1 unspecified atom stereocenters. The molecule has 1 aliphatic rings. The molecule has 4 heteroatoms. The normalized spacial score (nSPS) is 17.3. The number of likely N-dealkylation sites (N-methyl/N-ethyl adjacent to an activating group) is 1. The highest BCUT2D eigenvalue weighted by molar-refractivity contribution is 5.76. The Morgan fingerprint density at radius 1 is 1.42 bits per heavy atom. The van der Waals surface area contributed by atoms with Crippen LogP contribution in [0.4, 0.5) is 0 Å². The highest BCUT2D eigenvalue weighted by Gasteiger charge is 2.22. The number of ether oxygens (including phenoxy) is 1. The van der Waals surface area contributed by atoms with Crippen molar-refractivity contribution >= 4 is 5.91 Å². The van der Waals surface area contributed by atoms with E-state index < -0.39 is 0 Å². The van der Waals surface area contributed by atoms with Crippen LogP contribution in [0.1, 0.15) is 46.5 Å². The highest BCUT2D eigenvalue weighted by Crippen LogP contribution is 2.28. The third-order valence-corrected chi connectivity index (χ3v) is 3.36. The number of hydrogen-bond donors (Lipinski definition) is 1. The summed E-state index contributed by atoms with van der Waals surface area (Å²) in [4.78, 5) is 13.7. The van der Waals surface area contributed by atoms with Crippen molar-refractivity contribution in [2.24, 2.45) is 17.1 Å². The molecule has 1 saturated carbocycles. The molecule has 0 aromatic rings. The van der Waals surface area contributed by atoms with Gasteiger partial charge in [0.25, 0.3) is 0 Å². The molecule has 112 valence electrons. The molecule has 1 amide bonds. The van der Waals surface area contributed by atoms with Gasteiger partial charge in [0.2, 0.25) is 5.91 Å². The van der Waals surface area contributed by atoms with Crippen LogP contribution in [-0.2, 0) is 9.53 Å². The van der Waals surface area contributed by atoms with E-state index in [2.05, 4.69) is 20.8 Å². The molecule has 0 heterocycles. The van der Waals surface area contributed by atoms with Gasteiger partial charge in [-0.25, -0.2) is 0 Å². The zero-order valence-corrected chi connectivity index (χ0v) is 12.9. The molecule has 1 fully saturated rings. The predicted octanol–water partition coefficient (Wildman–Crippen LogP) is 2.02. The van der Waals surface area contributed by atoms with E-state index in [-0.39, 0.29) is 17.4 Å². The number of amides is 1. The predicted molar refractivity (Wildman–Crippen MR) is 77.8 cm³/mol. The van der Waals surface area contributed by atoms with E-state index in [4.69, 9.17) is 10.5 Å². The Bertz CT molecular complexity index is 282. The van der Waals surface area contributed by atoms with Gasteiger partial charge in [0.15, 0.2) is 0 Å². The Hall–Kier alpha value is -0.610. The Morgan fingerprint density at radius 3 is 2.58 bits per heavy atom. The summed E-state index contributed by atoms with van der Waals surface area (Å²) in [5, 5.41) is 0. The number of carbonyl (C=O) groups is 1. The Balaban J connectivity index is 2.12. The van der Waals surface area contributed by atoms with Crippen LogP contribution in [0.15, 0.2) is 0 Å². The van der Waals surface area contributed by atoms with Crippen LogP contribution < -0.4 is 5.73 Å². The summed E-state index contributed by atoms with van der Waals surface area (Å²) in [6.07, 6.45) is 3.90. The summed E-state index contributed by atoms with van der Waals surface area (Å²) >= 11 is 0. The van der Waals surface area contributed by atoms with Crippen molar-refractivity contribution < 1.29 is 9.53 Å². The summed E-state index contributed by atoms with van der Waals surface area (Å²) < 4.78 is 5.54. The molecule has 0 aromatic heterocycles. The fraction of sp³-hybridized carbons (Fsp3) is 0.933. The molecule has 1 rings (SSSR count). The lowest BCUT2D eigenvalue weighted by atomic mass is 9.87. The first kappa shape index (κ1) is 16.4. The fourth-order valence-electron chi connectivity index (χ4n) is 2.10. The monoisotopic (exact) mass is 270 g/mol. The summed E-state index contributed by atoms with van der Waals surface area (Å²) in [6.45, 7) is 8.58. The van der Waals surface area contributed by atoms with Crippen molar-refractivity contribution in [1.29, 1.82) is 0 Å². The first-order valence-corrected chi connectivity index (χ1v) is 7.35. The molecule has 0 bridgehead atoms. The number of nitrogens with two attached hydrogens (primary N) is 1. The van der Waals surface area contributed by atoms with Gasteiger partial charge in [-0.1, -0.05) is 20.8 Å². The molecule has 0 aliphatic heterocycles. The first-order chi connectivity index (χ1) is 8.78. The zero-order valence-electron chi connectivity index (χ0n) is 12.9. The summed E-state index contributed by atoms with van der Waals surface area (Å²) in [6, 6.07) is -0.0534. The maximum absolute atomic E-state index is 12.0. The quantitative estimate of drug-likeness (QED) is 0.687. The lowest BCUT2D eigenvalue weighted by Gasteiger charge is -2.24. The van der Waals surface area contributed by atoms with E-state index in [1.165, 1.54) is 12.8 Å². The molecule has 19 heavy (non-hydrogen) atoms. The van der Waals surface area contributed by atoms with E-state index in [1.807, 2.05) is 7.05 Å². The summed E-state index contributed by atoms with van der Waals surface area (Å²) in [5.41, 5.74) is 6.19. The minimum atomic E-state index is -0.0534. The molecule has 0 aromatic carbocycles. The van der Waals surface area contributed by atoms with Gasteiger partial charge in [-0.2, -0.15) is 0 Å². The zero-order chi connectivity index (χ0) is 14.5. The third-order valence-electron chi connectivity index (χ3n) is 3.36. The van der Waals surface area contributed by atoms with Gasteiger partial charge in [0, 0.05) is 32.7 Å². The smallest absolute Gasteiger partial charge is 0.223 e. The Morgan fingerprint density at radius 2 is 2.05 bits per heavy atom. The van der Waals surface area contributed by atoms with Crippen LogP contribution in [0.5, 0.6) is 0 Å². The second-order valence-electron chi connectivity index (χ2n) is 7.06. The lowest BCUT2D eigenvalue weighted by Crippen LogP contribution is -2.36. The second-order valence-corrected chi connectivity index (χ2v) is 7.06. The number of hydrogen-bond acceptors (Lipinski definition) is 3. The maximum atomic E-state index is 12.0. The van der Waals surface area contributed by atoms with Crippen molar-refractivity contribution in [1.82, 2.24) is 4.90 Å². The van der Waals surface area contributed by atoms with Crippen LogP contribution in [0.25, 0.3) is 0 Å².